The molecule has 1 N–H and O–H groups in total. The van der Waals surface area contributed by atoms with Gasteiger partial charge in [-0.05, 0) is 0 Å². The molecule has 0 bridgehead atoms. The van der Waals surface area contributed by atoms with Crippen molar-refractivity contribution in [2.75, 3.05) is 13.2 Å². The molecular formula is C9H10N2O4. The summed E-state index contributed by atoms with van der Waals surface area (Å²) in [5.74, 6) is 0. The van der Waals surface area contributed by atoms with E-state index in [9.17, 15) is 10.1 Å². The Morgan fingerprint density at radius 2 is 2.40 bits per heavy atom. The summed E-state index contributed by atoms with van der Waals surface area (Å²) in [5, 5.41) is 22.3. The Labute approximate surface area is 85.9 Å². The van der Waals surface area contributed by atoms with Crippen LogP contribution in [-0.4, -0.2) is 29.5 Å². The Hall–Kier alpha value is -1.95. The van der Waals surface area contributed by atoms with Crippen molar-refractivity contribution in [1.29, 1.82) is 0 Å². The van der Waals surface area contributed by atoms with E-state index in [-0.39, 0.29) is 18.9 Å². The lowest BCUT2D eigenvalue weighted by Gasteiger charge is -1.95. The van der Waals surface area contributed by atoms with Crippen LogP contribution in [0.15, 0.2) is 29.4 Å². The van der Waals surface area contributed by atoms with Crippen LogP contribution in [0.25, 0.3) is 0 Å². The van der Waals surface area contributed by atoms with Crippen LogP contribution in [-0.2, 0) is 4.84 Å². The molecule has 1 aromatic carbocycles. The van der Waals surface area contributed by atoms with Gasteiger partial charge in [-0.15, -0.1) is 0 Å². The fourth-order valence-electron chi connectivity index (χ4n) is 0.910. The van der Waals surface area contributed by atoms with E-state index in [0.29, 0.717) is 5.56 Å². The lowest BCUT2D eigenvalue weighted by atomic mass is 10.2. The molecule has 0 amide bonds. The van der Waals surface area contributed by atoms with Gasteiger partial charge in [-0.2, -0.15) is 0 Å². The van der Waals surface area contributed by atoms with Crippen LogP contribution in [0.1, 0.15) is 5.56 Å². The first-order valence-electron chi connectivity index (χ1n) is 4.24. The lowest BCUT2D eigenvalue weighted by Crippen LogP contribution is -1.94. The van der Waals surface area contributed by atoms with Gasteiger partial charge in [-0.1, -0.05) is 17.3 Å². The van der Waals surface area contributed by atoms with Gasteiger partial charge in [-0.3, -0.25) is 10.1 Å². The highest BCUT2D eigenvalue weighted by molar-refractivity contribution is 5.80. The van der Waals surface area contributed by atoms with Crippen LogP contribution in [0.3, 0.4) is 0 Å². The highest BCUT2D eigenvalue weighted by atomic mass is 16.6. The van der Waals surface area contributed by atoms with Crippen LogP contribution in [0, 0.1) is 10.1 Å². The number of hydrogen-bond donors (Lipinski definition) is 1. The topological polar surface area (TPSA) is 85.0 Å². The maximum Gasteiger partial charge on any atom is 0.270 e. The quantitative estimate of drug-likeness (QED) is 0.339. The maximum absolute atomic E-state index is 10.4. The first-order valence-corrected chi connectivity index (χ1v) is 4.24. The van der Waals surface area contributed by atoms with Crippen molar-refractivity contribution < 1.29 is 14.9 Å². The van der Waals surface area contributed by atoms with E-state index in [1.807, 2.05) is 0 Å². The molecule has 0 unspecified atom stereocenters. The molecule has 0 radical (unpaired) electrons. The van der Waals surface area contributed by atoms with Gasteiger partial charge in [0.15, 0.2) is 0 Å². The van der Waals surface area contributed by atoms with E-state index >= 15 is 0 Å². The highest BCUT2D eigenvalue weighted by Gasteiger charge is 2.03. The molecule has 6 heteroatoms. The normalized spacial score (nSPS) is 10.5. The number of aliphatic hydroxyl groups excluding tert-OH is 1. The molecule has 80 valence electrons. The van der Waals surface area contributed by atoms with Crippen molar-refractivity contribution in [1.82, 2.24) is 0 Å². The van der Waals surface area contributed by atoms with Gasteiger partial charge in [0.2, 0.25) is 0 Å². The van der Waals surface area contributed by atoms with Crippen molar-refractivity contribution in [2.45, 2.75) is 0 Å². The van der Waals surface area contributed by atoms with E-state index in [1.165, 1.54) is 18.3 Å². The number of rotatable bonds is 5. The summed E-state index contributed by atoms with van der Waals surface area (Å²) in [5.41, 5.74) is 0.572. The van der Waals surface area contributed by atoms with E-state index in [0.717, 1.165) is 0 Å². The summed E-state index contributed by atoms with van der Waals surface area (Å²) in [7, 11) is 0. The molecule has 0 aliphatic carbocycles. The predicted molar refractivity (Wildman–Crippen MR) is 53.7 cm³/mol. The number of nitrogens with zero attached hydrogens (tertiary/aromatic N) is 2. The second-order valence-electron chi connectivity index (χ2n) is 2.64. The molecule has 0 spiro atoms. The number of nitro groups is 1. The van der Waals surface area contributed by atoms with Crippen molar-refractivity contribution in [3.8, 4) is 0 Å². The van der Waals surface area contributed by atoms with Gasteiger partial charge in [0.25, 0.3) is 5.69 Å². The van der Waals surface area contributed by atoms with Crippen molar-refractivity contribution >= 4 is 11.9 Å². The molecule has 0 heterocycles. The first-order chi connectivity index (χ1) is 7.24. The summed E-state index contributed by atoms with van der Waals surface area (Å²) in [6, 6.07) is 6.00. The van der Waals surface area contributed by atoms with Crippen LogP contribution in [0.4, 0.5) is 5.69 Å². The van der Waals surface area contributed by atoms with Gasteiger partial charge >= 0.3 is 0 Å². The first kappa shape index (κ1) is 11.1. The molecule has 0 aliphatic rings. The lowest BCUT2D eigenvalue weighted by molar-refractivity contribution is -0.384. The number of benzene rings is 1. The van der Waals surface area contributed by atoms with Crippen molar-refractivity contribution in [3.63, 3.8) is 0 Å². The molecule has 1 rings (SSSR count). The molecule has 0 saturated carbocycles. The molecule has 0 atom stereocenters. The van der Waals surface area contributed by atoms with Gasteiger partial charge in [0.1, 0.15) is 6.61 Å². The zero-order chi connectivity index (χ0) is 11.1. The zero-order valence-electron chi connectivity index (χ0n) is 7.87. The Balaban J connectivity index is 2.65. The average Bonchev–Trinajstić information content (AvgIpc) is 2.25. The van der Waals surface area contributed by atoms with Gasteiger partial charge < -0.3 is 9.94 Å². The monoisotopic (exact) mass is 210 g/mol. The molecule has 15 heavy (non-hydrogen) atoms. The third-order valence-electron chi connectivity index (χ3n) is 1.54. The fraction of sp³-hybridized carbons (Fsp3) is 0.222. The second kappa shape index (κ2) is 5.71. The second-order valence-corrected chi connectivity index (χ2v) is 2.64. The molecule has 1 aromatic rings. The number of nitro benzene ring substituents is 1. The minimum Gasteiger partial charge on any atom is -0.393 e. The molecule has 0 aromatic heterocycles. The predicted octanol–water partition coefficient (Wildman–Crippen LogP) is 0.938. The van der Waals surface area contributed by atoms with Gasteiger partial charge in [0.05, 0.1) is 17.7 Å². The van der Waals surface area contributed by atoms with Crippen LogP contribution in [0.5, 0.6) is 0 Å². The molecular weight excluding hydrogens is 200 g/mol. The van der Waals surface area contributed by atoms with Gasteiger partial charge in [0, 0.05) is 17.7 Å². The Morgan fingerprint density at radius 1 is 1.60 bits per heavy atom. The van der Waals surface area contributed by atoms with E-state index in [1.54, 1.807) is 12.1 Å². The number of aliphatic hydroxyl groups is 1. The highest BCUT2D eigenvalue weighted by Crippen LogP contribution is 2.11. The minimum absolute atomic E-state index is 0.00103. The standard InChI is InChI=1S/C9H10N2O4/c12-4-5-15-10-7-8-2-1-3-9(6-8)11(13)14/h1-3,6-7,12H,4-5H2/b10-7+. The SMILES string of the molecule is O=[N+]([O-])c1cccc(/C=N/OCCO)c1. The molecule has 0 aliphatic heterocycles. The van der Waals surface area contributed by atoms with Crippen LogP contribution >= 0.6 is 0 Å². The molecule has 0 saturated heterocycles. The van der Waals surface area contributed by atoms with E-state index in [2.05, 4.69) is 9.99 Å². The van der Waals surface area contributed by atoms with Crippen molar-refractivity contribution in [2.24, 2.45) is 5.16 Å². The largest absolute Gasteiger partial charge is 0.393 e. The average molecular weight is 210 g/mol. The summed E-state index contributed by atoms with van der Waals surface area (Å²) < 4.78 is 0. The van der Waals surface area contributed by atoms with Crippen LogP contribution in [0.2, 0.25) is 0 Å². The van der Waals surface area contributed by atoms with Crippen LogP contribution < -0.4 is 0 Å². The number of non-ortho nitro benzene ring substituents is 1. The fourth-order valence-corrected chi connectivity index (χ4v) is 0.910. The summed E-state index contributed by atoms with van der Waals surface area (Å²) in [6.07, 6.45) is 1.35. The summed E-state index contributed by atoms with van der Waals surface area (Å²) in [6.45, 7) is -0.0162. The zero-order valence-corrected chi connectivity index (χ0v) is 7.87. The number of oxime groups is 1. The van der Waals surface area contributed by atoms with Gasteiger partial charge in [-0.25, -0.2) is 0 Å². The van der Waals surface area contributed by atoms with Crippen molar-refractivity contribution in [3.05, 3.63) is 39.9 Å². The summed E-state index contributed by atoms with van der Waals surface area (Å²) in [4.78, 5) is 14.6. The third-order valence-corrected chi connectivity index (χ3v) is 1.54. The van der Waals surface area contributed by atoms with E-state index < -0.39 is 4.92 Å². The minimum atomic E-state index is -0.480. The maximum atomic E-state index is 10.4. The summed E-state index contributed by atoms with van der Waals surface area (Å²) >= 11 is 0. The van der Waals surface area contributed by atoms with E-state index in [4.69, 9.17) is 5.11 Å². The Kier molecular flexibility index (Phi) is 4.24. The molecule has 6 nitrogen and oxygen atoms in total. The third kappa shape index (κ3) is 3.74. The smallest absolute Gasteiger partial charge is 0.270 e. The Morgan fingerprint density at radius 3 is 3.07 bits per heavy atom. The Bertz CT molecular complexity index is 365. The number of hydrogen-bond acceptors (Lipinski definition) is 5. The molecule has 0 fully saturated rings.